The maximum absolute atomic E-state index is 13.0. The Bertz CT molecular complexity index is 963. The number of hydrogen-bond donors (Lipinski definition) is 2. The number of hydrogen-bond acceptors (Lipinski definition) is 7. The van der Waals surface area contributed by atoms with E-state index in [0.717, 1.165) is 21.6 Å². The van der Waals surface area contributed by atoms with Crippen LogP contribution >= 0.6 is 35.7 Å². The quantitative estimate of drug-likeness (QED) is 0.439. The summed E-state index contributed by atoms with van der Waals surface area (Å²) in [6.07, 6.45) is 3.54. The highest BCUT2D eigenvalue weighted by atomic mass is 32.2. The number of rotatable bonds is 8. The van der Waals surface area contributed by atoms with Gasteiger partial charge in [-0.2, -0.15) is 11.8 Å². The molecule has 2 aliphatic rings. The minimum atomic E-state index is -1.15. The van der Waals surface area contributed by atoms with Crippen molar-refractivity contribution in [2.45, 2.75) is 18.4 Å². The van der Waals surface area contributed by atoms with Crippen LogP contribution in [0.25, 0.3) is 0 Å². The van der Waals surface area contributed by atoms with Crippen molar-refractivity contribution in [3.05, 3.63) is 40.8 Å². The number of thioether (sulfide) groups is 2. The van der Waals surface area contributed by atoms with Crippen molar-refractivity contribution in [2.24, 2.45) is 0 Å². The Hall–Kier alpha value is -2.37. The van der Waals surface area contributed by atoms with Gasteiger partial charge in [0.15, 0.2) is 0 Å². The maximum atomic E-state index is 13.0. The molecule has 30 heavy (non-hydrogen) atoms. The number of amides is 2. The number of carbonyl (C=O) groups is 4. The van der Waals surface area contributed by atoms with Crippen LogP contribution in [0.3, 0.4) is 0 Å². The van der Waals surface area contributed by atoms with Gasteiger partial charge in [0, 0.05) is 5.69 Å². The minimum Gasteiger partial charge on any atom is -0.480 e. The SMILES string of the molecule is CSCC[C@@H](C(=O)O)N1C(=O)/C(=C/[C@@H]2C(=O)N(CC(=O)O)c3ccccc32)SC1=S. The van der Waals surface area contributed by atoms with Crippen molar-refractivity contribution in [3.63, 3.8) is 0 Å². The molecule has 0 aromatic heterocycles. The van der Waals surface area contributed by atoms with E-state index in [9.17, 15) is 24.3 Å². The van der Waals surface area contributed by atoms with Crippen LogP contribution in [0.1, 0.15) is 17.9 Å². The second-order valence-electron chi connectivity index (χ2n) is 6.56. The number of carboxylic acid groups (broad SMARTS) is 2. The Morgan fingerprint density at radius 2 is 2.00 bits per heavy atom. The summed E-state index contributed by atoms with van der Waals surface area (Å²) in [4.78, 5) is 51.1. The molecule has 1 saturated heterocycles. The molecule has 1 aromatic rings. The number of aliphatic carboxylic acids is 2. The number of fused-ring (bicyclic) bond motifs is 1. The van der Waals surface area contributed by atoms with E-state index in [1.165, 1.54) is 17.8 Å². The zero-order chi connectivity index (χ0) is 22.0. The standard InChI is InChI=1S/C19H18N2O6S3/c1-29-7-6-13(18(26)27)21-17(25)14(30-19(21)28)8-11-10-4-2-3-5-12(10)20(16(11)24)9-15(22)23/h2-5,8,11,13H,6-7,9H2,1H3,(H,22,23)(H,26,27)/b14-8-/t11-,13-/m0/s1. The largest absolute Gasteiger partial charge is 0.480 e. The van der Waals surface area contributed by atoms with E-state index in [2.05, 4.69) is 0 Å². The fourth-order valence-corrected chi connectivity index (χ4v) is 5.21. The van der Waals surface area contributed by atoms with Crippen LogP contribution in [0, 0.1) is 0 Å². The van der Waals surface area contributed by atoms with Gasteiger partial charge in [0.2, 0.25) is 5.91 Å². The van der Waals surface area contributed by atoms with Gasteiger partial charge >= 0.3 is 11.9 Å². The molecular formula is C19H18N2O6S3. The van der Waals surface area contributed by atoms with E-state index in [1.807, 2.05) is 6.26 Å². The average Bonchev–Trinajstić information content (AvgIpc) is 3.11. The highest BCUT2D eigenvalue weighted by Crippen LogP contribution is 2.41. The highest BCUT2D eigenvalue weighted by Gasteiger charge is 2.43. The predicted molar refractivity (Wildman–Crippen MR) is 119 cm³/mol. The molecule has 2 aliphatic heterocycles. The number of benzene rings is 1. The van der Waals surface area contributed by atoms with Crippen LogP contribution in [-0.4, -0.2) is 67.8 Å². The number of nitrogens with zero attached hydrogens (tertiary/aromatic N) is 2. The van der Waals surface area contributed by atoms with E-state index in [1.54, 1.807) is 24.3 Å². The van der Waals surface area contributed by atoms with Gasteiger partial charge in [-0.05, 0) is 36.1 Å². The number of carboxylic acids is 2. The summed E-state index contributed by atoms with van der Waals surface area (Å²) in [5.41, 5.74) is 1.07. The molecule has 0 aliphatic carbocycles. The first-order chi connectivity index (χ1) is 14.3. The summed E-state index contributed by atoms with van der Waals surface area (Å²) < 4.78 is 0.126. The average molecular weight is 467 g/mol. The van der Waals surface area contributed by atoms with Crippen LogP contribution in [0.2, 0.25) is 0 Å². The summed E-state index contributed by atoms with van der Waals surface area (Å²) in [6.45, 7) is -0.489. The first-order valence-electron chi connectivity index (χ1n) is 8.87. The zero-order valence-corrected chi connectivity index (χ0v) is 18.3. The van der Waals surface area contributed by atoms with E-state index in [-0.39, 0.29) is 15.6 Å². The zero-order valence-electron chi connectivity index (χ0n) is 15.8. The van der Waals surface area contributed by atoms with Crippen molar-refractivity contribution in [2.75, 3.05) is 23.5 Å². The molecule has 0 saturated carbocycles. The smallest absolute Gasteiger partial charge is 0.326 e. The fraction of sp³-hybridized carbons (Fsp3) is 0.316. The Morgan fingerprint density at radius 1 is 1.30 bits per heavy atom. The molecule has 2 heterocycles. The first kappa shape index (κ1) is 22.3. The Morgan fingerprint density at radius 3 is 2.63 bits per heavy atom. The van der Waals surface area contributed by atoms with Gasteiger partial charge in [-0.3, -0.25) is 19.3 Å². The van der Waals surface area contributed by atoms with E-state index < -0.39 is 42.3 Å². The van der Waals surface area contributed by atoms with Crippen molar-refractivity contribution >= 4 is 69.5 Å². The lowest BCUT2D eigenvalue weighted by Gasteiger charge is -2.22. The number of para-hydroxylation sites is 1. The number of anilines is 1. The Kier molecular flexibility index (Phi) is 6.84. The minimum absolute atomic E-state index is 0.126. The van der Waals surface area contributed by atoms with Crippen molar-refractivity contribution in [1.82, 2.24) is 4.90 Å². The third-order valence-corrected chi connectivity index (χ3v) is 6.71. The summed E-state index contributed by atoms with van der Waals surface area (Å²) in [5, 5.41) is 18.7. The normalized spacial score (nSPS) is 20.8. The number of thiocarbonyl (C=S) groups is 1. The fourth-order valence-electron chi connectivity index (χ4n) is 3.38. The van der Waals surface area contributed by atoms with Crippen LogP contribution in [-0.2, 0) is 19.2 Å². The summed E-state index contributed by atoms with van der Waals surface area (Å²) >= 11 is 7.67. The van der Waals surface area contributed by atoms with Gasteiger partial charge in [0.1, 0.15) is 16.9 Å². The van der Waals surface area contributed by atoms with Gasteiger partial charge in [0.05, 0.1) is 10.8 Å². The van der Waals surface area contributed by atoms with E-state index >= 15 is 0 Å². The Labute approximate surface area is 186 Å². The molecule has 1 fully saturated rings. The molecule has 8 nitrogen and oxygen atoms in total. The lowest BCUT2D eigenvalue weighted by molar-refractivity contribution is -0.145. The van der Waals surface area contributed by atoms with Crippen molar-refractivity contribution < 1.29 is 29.4 Å². The molecule has 11 heteroatoms. The summed E-state index contributed by atoms with van der Waals surface area (Å²) in [5.74, 6) is -3.60. The first-order valence-corrected chi connectivity index (χ1v) is 11.5. The molecule has 0 unspecified atom stereocenters. The molecule has 0 bridgehead atoms. The van der Waals surface area contributed by atoms with E-state index in [4.69, 9.17) is 17.3 Å². The second kappa shape index (κ2) is 9.19. The lowest BCUT2D eigenvalue weighted by atomic mass is 10.00. The lowest BCUT2D eigenvalue weighted by Crippen LogP contribution is -2.44. The molecule has 0 spiro atoms. The van der Waals surface area contributed by atoms with Gasteiger partial charge in [-0.25, -0.2) is 4.79 Å². The predicted octanol–water partition coefficient (Wildman–Crippen LogP) is 2.15. The molecular weight excluding hydrogens is 448 g/mol. The van der Waals surface area contributed by atoms with Gasteiger partial charge in [0.25, 0.3) is 5.91 Å². The monoisotopic (exact) mass is 466 g/mol. The van der Waals surface area contributed by atoms with Gasteiger partial charge < -0.3 is 15.1 Å². The van der Waals surface area contributed by atoms with Crippen molar-refractivity contribution in [1.29, 1.82) is 0 Å². The molecule has 2 atom stereocenters. The molecule has 3 rings (SSSR count). The third-order valence-electron chi connectivity index (χ3n) is 4.72. The third kappa shape index (κ3) is 4.23. The van der Waals surface area contributed by atoms with Gasteiger partial charge in [-0.15, -0.1) is 0 Å². The van der Waals surface area contributed by atoms with Crippen LogP contribution in [0.15, 0.2) is 35.2 Å². The highest BCUT2D eigenvalue weighted by molar-refractivity contribution is 8.26. The summed E-state index contributed by atoms with van der Waals surface area (Å²) in [6, 6.07) is 5.70. The van der Waals surface area contributed by atoms with Crippen LogP contribution < -0.4 is 4.90 Å². The molecule has 2 N–H and O–H groups in total. The number of carbonyl (C=O) groups excluding carboxylic acids is 2. The molecule has 1 aromatic carbocycles. The van der Waals surface area contributed by atoms with E-state index in [0.29, 0.717) is 17.0 Å². The molecule has 2 amide bonds. The molecule has 0 radical (unpaired) electrons. The topological polar surface area (TPSA) is 115 Å². The Balaban J connectivity index is 1.92. The molecule has 158 valence electrons. The summed E-state index contributed by atoms with van der Waals surface area (Å²) in [7, 11) is 0. The van der Waals surface area contributed by atoms with Gasteiger partial charge in [-0.1, -0.05) is 42.2 Å². The van der Waals surface area contributed by atoms with Crippen LogP contribution in [0.4, 0.5) is 5.69 Å². The maximum Gasteiger partial charge on any atom is 0.326 e. The van der Waals surface area contributed by atoms with Crippen LogP contribution in [0.5, 0.6) is 0 Å². The van der Waals surface area contributed by atoms with Crippen molar-refractivity contribution in [3.8, 4) is 0 Å². The second-order valence-corrected chi connectivity index (χ2v) is 9.23.